The minimum Gasteiger partial charge on any atom is -0.287 e. The van der Waals surface area contributed by atoms with Crippen LogP contribution in [0.3, 0.4) is 0 Å². The van der Waals surface area contributed by atoms with Gasteiger partial charge in [0.2, 0.25) is 0 Å². The van der Waals surface area contributed by atoms with Gasteiger partial charge >= 0.3 is 0 Å². The highest BCUT2D eigenvalue weighted by Gasteiger charge is 2.03. The summed E-state index contributed by atoms with van der Waals surface area (Å²) in [7, 11) is 0. The maximum atomic E-state index is 11.0. The van der Waals surface area contributed by atoms with E-state index in [1.54, 1.807) is 0 Å². The first-order chi connectivity index (χ1) is 8.70. The topological polar surface area (TPSA) is 17.1 Å². The van der Waals surface area contributed by atoms with Gasteiger partial charge in [0.05, 0.1) is 0 Å². The molecule has 0 heterocycles. The van der Waals surface area contributed by atoms with Crippen LogP contribution < -0.4 is 0 Å². The van der Waals surface area contributed by atoms with Crippen molar-refractivity contribution in [3.8, 4) is 0 Å². The lowest BCUT2D eigenvalue weighted by Gasteiger charge is -2.09. The van der Waals surface area contributed by atoms with Crippen molar-refractivity contribution < 1.29 is 4.79 Å². The molecular weight excluding hydrogens is 240 g/mol. The average Bonchev–Trinajstić information content (AvgIpc) is 2.45. The average molecular weight is 277 g/mol. The van der Waals surface area contributed by atoms with Crippen molar-refractivity contribution in [3.63, 3.8) is 0 Å². The van der Waals surface area contributed by atoms with E-state index in [2.05, 4.69) is 13.8 Å². The Balaban J connectivity index is -0.000000506. The molecule has 0 saturated carbocycles. The molecule has 18 heavy (non-hydrogen) atoms. The van der Waals surface area contributed by atoms with Crippen molar-refractivity contribution in [2.75, 3.05) is 6.26 Å². The van der Waals surface area contributed by atoms with Gasteiger partial charge in [0, 0.05) is 6.42 Å². The van der Waals surface area contributed by atoms with Crippen LogP contribution >= 0.6 is 11.8 Å². The fraction of sp³-hybridized carbons (Fsp3) is 0.938. The first-order valence-electron chi connectivity index (χ1n) is 7.77. The second kappa shape index (κ2) is 22.2. The second-order valence-electron chi connectivity index (χ2n) is 4.07. The van der Waals surface area contributed by atoms with Gasteiger partial charge < -0.3 is 0 Å². The Bertz CT molecular complexity index is 146. The quantitative estimate of drug-likeness (QED) is 0.483. The molecule has 0 radical (unpaired) electrons. The summed E-state index contributed by atoms with van der Waals surface area (Å²) in [5, 5.41) is 0.339. The maximum absolute atomic E-state index is 11.0. The molecule has 0 aromatic carbocycles. The van der Waals surface area contributed by atoms with Gasteiger partial charge in [-0.2, -0.15) is 0 Å². The molecule has 0 N–H and O–H groups in total. The molecule has 0 saturated heterocycles. The van der Waals surface area contributed by atoms with Gasteiger partial charge in [0.15, 0.2) is 5.12 Å². The summed E-state index contributed by atoms with van der Waals surface area (Å²) in [6.45, 7) is 12.6. The number of thioether (sulfide) groups is 1. The SMILES string of the molecule is CC.CC.CCCCC(C)CCCCC(=O)SC. The van der Waals surface area contributed by atoms with Crippen LogP contribution in [0.1, 0.15) is 86.5 Å². The molecule has 0 aromatic rings. The molecule has 0 aromatic heterocycles. The van der Waals surface area contributed by atoms with Gasteiger partial charge in [-0.1, -0.05) is 85.4 Å². The largest absolute Gasteiger partial charge is 0.287 e. The molecular formula is C16H36OS. The molecule has 0 aliphatic carbocycles. The summed E-state index contributed by atoms with van der Waals surface area (Å²) in [6.07, 6.45) is 10.2. The van der Waals surface area contributed by atoms with Crippen LogP contribution in [0, 0.1) is 5.92 Å². The zero-order valence-electron chi connectivity index (χ0n) is 13.8. The first kappa shape index (κ1) is 23.1. The van der Waals surface area contributed by atoms with Gasteiger partial charge in [0.25, 0.3) is 0 Å². The van der Waals surface area contributed by atoms with E-state index >= 15 is 0 Å². The number of hydrogen-bond donors (Lipinski definition) is 0. The molecule has 0 spiro atoms. The monoisotopic (exact) mass is 276 g/mol. The molecule has 0 amide bonds. The van der Waals surface area contributed by atoms with Gasteiger partial charge in [-0.25, -0.2) is 0 Å². The lowest BCUT2D eigenvalue weighted by Crippen LogP contribution is -1.96. The minimum absolute atomic E-state index is 0.339. The smallest absolute Gasteiger partial charge is 0.188 e. The Morgan fingerprint density at radius 1 is 1.00 bits per heavy atom. The summed E-state index contributed by atoms with van der Waals surface area (Å²) in [5.74, 6) is 0.847. The molecule has 0 aliphatic heterocycles. The van der Waals surface area contributed by atoms with Crippen LogP contribution in [0.25, 0.3) is 0 Å². The number of rotatable bonds is 8. The Kier molecular flexibility index (Phi) is 28.6. The predicted octanol–water partition coefficient (Wildman–Crippen LogP) is 6.32. The normalized spacial score (nSPS) is 10.6. The van der Waals surface area contributed by atoms with E-state index in [0.29, 0.717) is 5.12 Å². The zero-order valence-corrected chi connectivity index (χ0v) is 14.7. The van der Waals surface area contributed by atoms with Crippen LogP contribution in [-0.2, 0) is 4.79 Å². The summed E-state index contributed by atoms with van der Waals surface area (Å²) in [6, 6.07) is 0. The predicted molar refractivity (Wildman–Crippen MR) is 88.4 cm³/mol. The molecule has 112 valence electrons. The van der Waals surface area contributed by atoms with E-state index in [0.717, 1.165) is 18.8 Å². The number of carbonyl (C=O) groups is 1. The number of unbranched alkanes of at least 4 members (excludes halogenated alkanes) is 2. The maximum Gasteiger partial charge on any atom is 0.188 e. The van der Waals surface area contributed by atoms with Crippen molar-refractivity contribution in [1.82, 2.24) is 0 Å². The summed E-state index contributed by atoms with van der Waals surface area (Å²) in [5.41, 5.74) is 0. The third kappa shape index (κ3) is 21.3. The second-order valence-corrected chi connectivity index (χ2v) is 4.93. The van der Waals surface area contributed by atoms with E-state index in [4.69, 9.17) is 0 Å². The Morgan fingerprint density at radius 2 is 1.50 bits per heavy atom. The Labute approximate surface area is 121 Å². The van der Waals surface area contributed by atoms with E-state index < -0.39 is 0 Å². The fourth-order valence-electron chi connectivity index (χ4n) is 1.56. The van der Waals surface area contributed by atoms with E-state index in [-0.39, 0.29) is 0 Å². The van der Waals surface area contributed by atoms with E-state index in [1.165, 1.54) is 43.9 Å². The molecule has 0 rings (SSSR count). The highest BCUT2D eigenvalue weighted by Crippen LogP contribution is 2.16. The van der Waals surface area contributed by atoms with Crippen LogP contribution in [0.4, 0.5) is 0 Å². The van der Waals surface area contributed by atoms with Crippen LogP contribution in [0.15, 0.2) is 0 Å². The van der Waals surface area contributed by atoms with Crippen LogP contribution in [0.5, 0.6) is 0 Å². The van der Waals surface area contributed by atoms with E-state index in [1.807, 2.05) is 34.0 Å². The highest BCUT2D eigenvalue weighted by molar-refractivity contribution is 8.13. The van der Waals surface area contributed by atoms with Crippen LogP contribution in [-0.4, -0.2) is 11.4 Å². The number of carbonyl (C=O) groups excluding carboxylic acids is 1. The highest BCUT2D eigenvalue weighted by atomic mass is 32.2. The van der Waals surface area contributed by atoms with Gasteiger partial charge in [-0.05, 0) is 18.6 Å². The Morgan fingerprint density at radius 3 is 1.94 bits per heavy atom. The first-order valence-corrected chi connectivity index (χ1v) is 9.00. The third-order valence-electron chi connectivity index (χ3n) is 2.61. The van der Waals surface area contributed by atoms with Crippen LogP contribution in [0.2, 0.25) is 0 Å². The molecule has 1 unspecified atom stereocenters. The molecule has 1 atom stereocenters. The van der Waals surface area contributed by atoms with Gasteiger partial charge in [-0.3, -0.25) is 4.79 Å². The van der Waals surface area contributed by atoms with Gasteiger partial charge in [-0.15, -0.1) is 0 Å². The third-order valence-corrected chi connectivity index (χ3v) is 3.27. The summed E-state index contributed by atoms with van der Waals surface area (Å²) in [4.78, 5) is 11.0. The minimum atomic E-state index is 0.339. The molecule has 0 aliphatic rings. The standard InChI is InChI=1S/C12H24OS.2C2H6/c1-4-5-8-11(2)9-6-7-10-12(13)14-3;2*1-2/h11H,4-10H2,1-3H3;2*1-2H3. The molecule has 0 bridgehead atoms. The summed E-state index contributed by atoms with van der Waals surface area (Å²) >= 11 is 1.36. The molecule has 2 heteroatoms. The zero-order chi connectivity index (χ0) is 14.8. The Hall–Kier alpha value is 0.0200. The van der Waals surface area contributed by atoms with Crippen molar-refractivity contribution in [2.45, 2.75) is 86.5 Å². The van der Waals surface area contributed by atoms with Crippen molar-refractivity contribution in [2.24, 2.45) is 5.92 Å². The van der Waals surface area contributed by atoms with Crippen molar-refractivity contribution >= 4 is 16.9 Å². The van der Waals surface area contributed by atoms with Crippen molar-refractivity contribution in [3.05, 3.63) is 0 Å². The lowest BCUT2D eigenvalue weighted by atomic mass is 9.98. The van der Waals surface area contributed by atoms with Gasteiger partial charge in [0.1, 0.15) is 0 Å². The lowest BCUT2D eigenvalue weighted by molar-refractivity contribution is -0.111. The molecule has 0 fully saturated rings. The fourth-order valence-corrected chi connectivity index (χ4v) is 1.91. The van der Waals surface area contributed by atoms with E-state index in [9.17, 15) is 4.79 Å². The number of hydrogen-bond acceptors (Lipinski definition) is 2. The summed E-state index contributed by atoms with van der Waals surface area (Å²) < 4.78 is 0. The molecule has 1 nitrogen and oxygen atoms in total. The van der Waals surface area contributed by atoms with Crippen molar-refractivity contribution in [1.29, 1.82) is 0 Å².